The summed E-state index contributed by atoms with van der Waals surface area (Å²) < 4.78 is 17.0. The van der Waals surface area contributed by atoms with Crippen molar-refractivity contribution < 1.29 is 19.0 Å². The first-order valence-corrected chi connectivity index (χ1v) is 12.8. The highest BCUT2D eigenvalue weighted by Crippen LogP contribution is 2.59. The van der Waals surface area contributed by atoms with E-state index in [4.69, 9.17) is 14.2 Å². The number of unbranched alkanes of at least 4 members (excludes halogenated alkanes) is 2. The number of carbonyl (C=O) groups excluding carboxylic acids is 1. The predicted molar refractivity (Wildman–Crippen MR) is 126 cm³/mol. The third kappa shape index (κ3) is 5.28. The van der Waals surface area contributed by atoms with Gasteiger partial charge in [-0.1, -0.05) is 63.5 Å². The third-order valence-corrected chi connectivity index (χ3v) is 8.21. The second-order valence-corrected chi connectivity index (χ2v) is 10.2. The standard InChI is InChI=1S/C28H40O4/c1-3-5-7-13-27-14-17-28(18-15-27,19-16-27)23-11-9-22(10-12-23)24-20-31-26(21-30-24)32-25(29)8-6-4-2/h6,8-12,24,26H,3-5,7,13-21H2,1-2H3/b8-6+/t24-,26-,27?,28?/m1/s1. The van der Waals surface area contributed by atoms with Crippen LogP contribution in [0.15, 0.2) is 36.4 Å². The van der Waals surface area contributed by atoms with Crippen molar-refractivity contribution in [3.63, 3.8) is 0 Å². The molecule has 0 radical (unpaired) electrons. The van der Waals surface area contributed by atoms with E-state index in [0.29, 0.717) is 17.4 Å². The summed E-state index contributed by atoms with van der Waals surface area (Å²) in [7, 11) is 0. The first-order valence-electron chi connectivity index (χ1n) is 12.8. The molecule has 4 heteroatoms. The summed E-state index contributed by atoms with van der Waals surface area (Å²) in [5.74, 6) is -0.378. The lowest BCUT2D eigenvalue weighted by molar-refractivity contribution is -0.230. The van der Waals surface area contributed by atoms with E-state index >= 15 is 0 Å². The smallest absolute Gasteiger partial charge is 0.332 e. The van der Waals surface area contributed by atoms with E-state index in [9.17, 15) is 4.79 Å². The fourth-order valence-corrected chi connectivity index (χ4v) is 6.00. The molecule has 5 rings (SSSR count). The Balaban J connectivity index is 1.29. The molecule has 4 aliphatic rings. The summed E-state index contributed by atoms with van der Waals surface area (Å²) in [5, 5.41) is 0. The topological polar surface area (TPSA) is 44.8 Å². The molecule has 2 bridgehead atoms. The molecule has 0 N–H and O–H groups in total. The molecular weight excluding hydrogens is 400 g/mol. The molecule has 2 atom stereocenters. The number of ether oxygens (including phenoxy) is 3. The minimum Gasteiger partial charge on any atom is -0.430 e. The van der Waals surface area contributed by atoms with Gasteiger partial charge in [-0.05, 0) is 73.3 Å². The number of allylic oxidation sites excluding steroid dienone is 1. The summed E-state index contributed by atoms with van der Waals surface area (Å²) in [6, 6.07) is 9.09. The summed E-state index contributed by atoms with van der Waals surface area (Å²) in [6.45, 7) is 4.95. The third-order valence-electron chi connectivity index (χ3n) is 8.21. The second kappa shape index (κ2) is 10.5. The van der Waals surface area contributed by atoms with Crippen LogP contribution in [0.3, 0.4) is 0 Å². The van der Waals surface area contributed by atoms with Crippen molar-refractivity contribution in [2.75, 3.05) is 13.2 Å². The van der Waals surface area contributed by atoms with Gasteiger partial charge in [0.2, 0.25) is 6.29 Å². The molecule has 176 valence electrons. The lowest BCUT2D eigenvalue weighted by atomic mass is 9.51. The van der Waals surface area contributed by atoms with Crippen LogP contribution in [0.25, 0.3) is 0 Å². The zero-order valence-corrected chi connectivity index (χ0v) is 19.9. The van der Waals surface area contributed by atoms with Crippen LogP contribution >= 0.6 is 0 Å². The number of carbonyl (C=O) groups is 1. The molecule has 0 unspecified atom stereocenters. The fraction of sp³-hybridized carbons (Fsp3) is 0.679. The summed E-state index contributed by atoms with van der Waals surface area (Å²) in [6.07, 6.45) is 17.1. The molecule has 1 heterocycles. The van der Waals surface area contributed by atoms with E-state index in [1.165, 1.54) is 75.8 Å². The zero-order valence-electron chi connectivity index (χ0n) is 19.9. The Bertz CT molecular complexity index is 749. The van der Waals surface area contributed by atoms with E-state index in [-0.39, 0.29) is 18.7 Å². The van der Waals surface area contributed by atoms with E-state index in [2.05, 4.69) is 31.2 Å². The molecule has 32 heavy (non-hydrogen) atoms. The zero-order chi connectivity index (χ0) is 22.4. The number of hydrogen-bond acceptors (Lipinski definition) is 4. The average Bonchev–Trinajstić information content (AvgIpc) is 2.85. The Kier molecular flexibility index (Phi) is 7.73. The fourth-order valence-electron chi connectivity index (χ4n) is 6.00. The van der Waals surface area contributed by atoms with E-state index in [1.807, 2.05) is 6.92 Å². The lowest BCUT2D eigenvalue weighted by Gasteiger charge is -2.54. The Morgan fingerprint density at radius 3 is 2.31 bits per heavy atom. The van der Waals surface area contributed by atoms with Crippen LogP contribution < -0.4 is 0 Å². The maximum Gasteiger partial charge on any atom is 0.332 e. The quantitative estimate of drug-likeness (QED) is 0.241. The van der Waals surface area contributed by atoms with E-state index in [0.717, 1.165) is 12.0 Å². The minimum atomic E-state index is -0.625. The van der Waals surface area contributed by atoms with Crippen molar-refractivity contribution in [1.29, 1.82) is 0 Å². The normalized spacial score (nSPS) is 32.3. The number of rotatable bonds is 9. The lowest BCUT2D eigenvalue weighted by Crippen LogP contribution is -2.44. The molecule has 0 aromatic heterocycles. The van der Waals surface area contributed by atoms with Crippen LogP contribution in [-0.4, -0.2) is 25.5 Å². The van der Waals surface area contributed by atoms with Gasteiger partial charge in [-0.15, -0.1) is 0 Å². The second-order valence-electron chi connectivity index (χ2n) is 10.2. The number of hydrogen-bond donors (Lipinski definition) is 0. The van der Waals surface area contributed by atoms with Crippen LogP contribution in [0.2, 0.25) is 0 Å². The largest absolute Gasteiger partial charge is 0.430 e. The van der Waals surface area contributed by atoms with Crippen molar-refractivity contribution in [3.05, 3.63) is 47.5 Å². The van der Waals surface area contributed by atoms with Gasteiger partial charge in [0.15, 0.2) is 0 Å². The highest BCUT2D eigenvalue weighted by molar-refractivity contribution is 5.81. The van der Waals surface area contributed by atoms with E-state index < -0.39 is 6.29 Å². The highest BCUT2D eigenvalue weighted by atomic mass is 16.7. The number of esters is 1. The molecule has 4 fully saturated rings. The summed E-state index contributed by atoms with van der Waals surface area (Å²) >= 11 is 0. The van der Waals surface area contributed by atoms with E-state index in [1.54, 1.807) is 6.08 Å². The molecule has 1 aromatic carbocycles. The molecule has 0 amide bonds. The van der Waals surface area contributed by atoms with Gasteiger partial charge in [0, 0.05) is 6.08 Å². The Morgan fingerprint density at radius 2 is 1.72 bits per heavy atom. The highest BCUT2D eigenvalue weighted by Gasteiger charge is 2.48. The number of benzene rings is 1. The van der Waals surface area contributed by atoms with Gasteiger partial charge in [-0.2, -0.15) is 0 Å². The van der Waals surface area contributed by atoms with Crippen molar-refractivity contribution in [1.82, 2.24) is 0 Å². The molecular formula is C28H40O4. The maximum absolute atomic E-state index is 11.7. The van der Waals surface area contributed by atoms with Crippen molar-refractivity contribution in [3.8, 4) is 0 Å². The molecule has 1 aliphatic heterocycles. The molecule has 3 saturated carbocycles. The Labute approximate surface area is 193 Å². The van der Waals surface area contributed by atoms with Crippen LogP contribution in [0.5, 0.6) is 0 Å². The van der Waals surface area contributed by atoms with Crippen molar-refractivity contribution in [2.45, 2.75) is 102 Å². The van der Waals surface area contributed by atoms with Gasteiger partial charge in [-0.25, -0.2) is 4.79 Å². The van der Waals surface area contributed by atoms with Crippen LogP contribution in [0.1, 0.15) is 102 Å². The predicted octanol–water partition coefficient (Wildman–Crippen LogP) is 6.78. The van der Waals surface area contributed by atoms with Gasteiger partial charge in [0.25, 0.3) is 0 Å². The summed E-state index contributed by atoms with van der Waals surface area (Å²) in [4.78, 5) is 11.7. The Hall–Kier alpha value is -1.65. The minimum absolute atomic E-state index is 0.105. The number of fused-ring (bicyclic) bond motifs is 3. The monoisotopic (exact) mass is 440 g/mol. The summed E-state index contributed by atoms with van der Waals surface area (Å²) in [5.41, 5.74) is 3.69. The van der Waals surface area contributed by atoms with Crippen LogP contribution in [-0.2, 0) is 24.4 Å². The molecule has 0 spiro atoms. The Morgan fingerprint density at radius 1 is 1.00 bits per heavy atom. The SMILES string of the molecule is CC/C=C/C(=O)O[C@@H]1CO[C@@H](c2ccc(C34CCC(CCCCC)(CC3)CC4)cc2)CO1. The first-order chi connectivity index (χ1) is 15.6. The molecule has 3 aliphatic carbocycles. The van der Waals surface area contributed by atoms with Crippen LogP contribution in [0, 0.1) is 5.41 Å². The van der Waals surface area contributed by atoms with Gasteiger partial charge >= 0.3 is 5.97 Å². The van der Waals surface area contributed by atoms with Gasteiger partial charge in [-0.3, -0.25) is 0 Å². The maximum atomic E-state index is 11.7. The van der Waals surface area contributed by atoms with Gasteiger partial charge in [0.1, 0.15) is 12.7 Å². The van der Waals surface area contributed by atoms with Gasteiger partial charge < -0.3 is 14.2 Å². The van der Waals surface area contributed by atoms with Crippen molar-refractivity contribution in [2.24, 2.45) is 5.41 Å². The molecule has 1 aromatic rings. The molecule has 1 saturated heterocycles. The average molecular weight is 441 g/mol. The molecule has 4 nitrogen and oxygen atoms in total. The van der Waals surface area contributed by atoms with Crippen molar-refractivity contribution >= 4 is 5.97 Å². The van der Waals surface area contributed by atoms with Gasteiger partial charge in [0.05, 0.1) is 6.61 Å². The van der Waals surface area contributed by atoms with Crippen LogP contribution in [0.4, 0.5) is 0 Å². The first kappa shape index (κ1) is 23.5.